The van der Waals surface area contributed by atoms with Gasteiger partial charge in [-0.05, 0) is 33.4 Å². The minimum atomic E-state index is -0.772. The lowest BCUT2D eigenvalue weighted by molar-refractivity contribution is 0.779. The highest BCUT2D eigenvalue weighted by molar-refractivity contribution is 5.62. The van der Waals surface area contributed by atoms with Crippen molar-refractivity contribution in [3.8, 4) is 24.7 Å². The van der Waals surface area contributed by atoms with Crippen LogP contribution in [0.4, 0.5) is 0 Å². The highest BCUT2D eigenvalue weighted by Crippen LogP contribution is 2.43. The first kappa shape index (κ1) is 23.0. The van der Waals surface area contributed by atoms with Crippen LogP contribution in [0.25, 0.3) is 0 Å². The third-order valence-corrected chi connectivity index (χ3v) is 6.99. The number of benzene rings is 5. The zero-order valence-corrected chi connectivity index (χ0v) is 20.0. The van der Waals surface area contributed by atoms with Gasteiger partial charge in [0.15, 0.2) is 0 Å². The molecule has 0 spiro atoms. The zero-order chi connectivity index (χ0) is 24.8. The van der Waals surface area contributed by atoms with Crippen molar-refractivity contribution in [1.29, 1.82) is 0 Å². The van der Waals surface area contributed by atoms with Gasteiger partial charge in [-0.2, -0.15) is 0 Å². The van der Waals surface area contributed by atoms with Crippen molar-refractivity contribution in [2.45, 2.75) is 10.8 Å². The van der Waals surface area contributed by atoms with E-state index in [4.69, 9.17) is 12.8 Å². The van der Waals surface area contributed by atoms with Crippen LogP contribution in [-0.2, 0) is 10.8 Å². The first-order chi connectivity index (χ1) is 17.8. The van der Waals surface area contributed by atoms with E-state index in [0.717, 1.165) is 33.4 Å². The summed E-state index contributed by atoms with van der Waals surface area (Å²) in [6, 6.07) is 49.6. The van der Waals surface area contributed by atoms with Gasteiger partial charge < -0.3 is 0 Å². The first-order valence-electron chi connectivity index (χ1n) is 12.0. The quantitative estimate of drug-likeness (QED) is 0.181. The molecule has 0 atom stereocenters. The number of hydrogen-bond acceptors (Lipinski definition) is 0. The number of terminal acetylenes is 2. The largest absolute Gasteiger partial charge is 0.118 e. The molecule has 0 saturated heterocycles. The van der Waals surface area contributed by atoms with Crippen molar-refractivity contribution in [2.24, 2.45) is 0 Å². The van der Waals surface area contributed by atoms with Crippen LogP contribution in [0.1, 0.15) is 33.4 Å². The van der Waals surface area contributed by atoms with Gasteiger partial charge in [0.1, 0.15) is 10.8 Å². The van der Waals surface area contributed by atoms with Crippen molar-refractivity contribution >= 4 is 0 Å². The molecule has 0 amide bonds. The van der Waals surface area contributed by atoms with Gasteiger partial charge in [-0.25, -0.2) is 0 Å². The second kappa shape index (κ2) is 9.84. The van der Waals surface area contributed by atoms with E-state index in [0.29, 0.717) is 0 Å². The van der Waals surface area contributed by atoms with E-state index in [1.165, 1.54) is 0 Å². The molecule has 0 aliphatic carbocycles. The Labute approximate surface area is 214 Å². The summed E-state index contributed by atoms with van der Waals surface area (Å²) in [5.41, 5.74) is 4.64. The minimum absolute atomic E-state index is 0.772. The first-order valence-corrected chi connectivity index (χ1v) is 12.0. The minimum Gasteiger partial charge on any atom is -0.118 e. The monoisotopic (exact) mass is 458 g/mol. The van der Waals surface area contributed by atoms with Crippen LogP contribution in [0.2, 0.25) is 0 Å². The SMILES string of the molecule is C#CC(c1ccccc1)(c1ccccc1)c1cccc(C(C#C)(c2ccccc2)c2ccccc2)c1. The molecule has 0 saturated carbocycles. The maximum Gasteiger partial charge on any atom is 0.106 e. The lowest BCUT2D eigenvalue weighted by Gasteiger charge is -2.34. The Hall–Kier alpha value is -4.78. The van der Waals surface area contributed by atoms with Gasteiger partial charge in [-0.3, -0.25) is 0 Å². The molecule has 0 aliphatic rings. The molecule has 0 aliphatic heterocycles. The van der Waals surface area contributed by atoms with Gasteiger partial charge in [0.2, 0.25) is 0 Å². The Morgan fingerprint density at radius 1 is 0.333 bits per heavy atom. The molecule has 0 N–H and O–H groups in total. The summed E-state index contributed by atoms with van der Waals surface area (Å²) in [6.07, 6.45) is 12.9. The summed E-state index contributed by atoms with van der Waals surface area (Å²) < 4.78 is 0. The van der Waals surface area contributed by atoms with Gasteiger partial charge >= 0.3 is 0 Å². The molecule has 5 aromatic rings. The summed E-state index contributed by atoms with van der Waals surface area (Å²) in [5, 5.41) is 0. The summed E-state index contributed by atoms with van der Waals surface area (Å²) in [5.74, 6) is 6.38. The Balaban J connectivity index is 1.82. The molecular formula is C36H26. The highest BCUT2D eigenvalue weighted by Gasteiger charge is 2.38. The highest BCUT2D eigenvalue weighted by atomic mass is 14.4. The second-order valence-corrected chi connectivity index (χ2v) is 8.83. The van der Waals surface area contributed by atoms with E-state index in [-0.39, 0.29) is 0 Å². The van der Waals surface area contributed by atoms with Crippen LogP contribution in [0.3, 0.4) is 0 Å². The molecule has 5 aromatic carbocycles. The molecular weight excluding hydrogens is 432 g/mol. The molecule has 0 aromatic heterocycles. The lowest BCUT2D eigenvalue weighted by Crippen LogP contribution is -2.30. The lowest BCUT2D eigenvalue weighted by atomic mass is 9.66. The Bertz CT molecular complexity index is 1320. The van der Waals surface area contributed by atoms with E-state index in [2.05, 4.69) is 84.6 Å². The number of hydrogen-bond donors (Lipinski definition) is 0. The predicted molar refractivity (Wildman–Crippen MR) is 150 cm³/mol. The third-order valence-electron chi connectivity index (χ3n) is 6.99. The average molecular weight is 459 g/mol. The van der Waals surface area contributed by atoms with Crippen molar-refractivity contribution < 1.29 is 0 Å². The van der Waals surface area contributed by atoms with Gasteiger partial charge in [-0.15, -0.1) is 12.8 Å². The van der Waals surface area contributed by atoms with Crippen LogP contribution in [0, 0.1) is 24.7 Å². The van der Waals surface area contributed by atoms with Crippen LogP contribution < -0.4 is 0 Å². The maximum atomic E-state index is 6.43. The van der Waals surface area contributed by atoms with E-state index in [9.17, 15) is 0 Å². The second-order valence-electron chi connectivity index (χ2n) is 8.83. The van der Waals surface area contributed by atoms with Crippen molar-refractivity contribution in [3.63, 3.8) is 0 Å². The summed E-state index contributed by atoms with van der Waals surface area (Å²) in [6.45, 7) is 0. The van der Waals surface area contributed by atoms with Gasteiger partial charge in [0.25, 0.3) is 0 Å². The average Bonchev–Trinajstić information content (AvgIpc) is 2.97. The molecule has 0 heterocycles. The van der Waals surface area contributed by atoms with Crippen molar-refractivity contribution in [3.05, 3.63) is 179 Å². The Morgan fingerprint density at radius 3 is 0.833 bits per heavy atom. The fraction of sp³-hybridized carbons (Fsp3) is 0.0556. The van der Waals surface area contributed by atoms with E-state index >= 15 is 0 Å². The molecule has 0 fully saturated rings. The normalized spacial score (nSPS) is 11.3. The third kappa shape index (κ3) is 3.71. The van der Waals surface area contributed by atoms with Crippen LogP contribution in [0.15, 0.2) is 146 Å². The van der Waals surface area contributed by atoms with Gasteiger partial charge in [-0.1, -0.05) is 157 Å². The molecule has 5 rings (SSSR count). The van der Waals surface area contributed by atoms with Crippen LogP contribution >= 0.6 is 0 Å². The van der Waals surface area contributed by atoms with E-state index in [1.807, 2.05) is 72.8 Å². The summed E-state index contributed by atoms with van der Waals surface area (Å²) in [4.78, 5) is 0. The van der Waals surface area contributed by atoms with Crippen molar-refractivity contribution in [1.82, 2.24) is 0 Å². The molecule has 0 unspecified atom stereocenters. The zero-order valence-electron chi connectivity index (χ0n) is 20.0. The van der Waals surface area contributed by atoms with Crippen LogP contribution in [-0.4, -0.2) is 0 Å². The standard InChI is InChI=1S/C36H26/c1-3-35(29-18-9-5-10-19-29,30-20-11-6-12-21-30)33-26-17-27-34(28-33)36(4-2,31-22-13-7-14-23-31)32-24-15-8-16-25-32/h1-2,5-28H. The predicted octanol–water partition coefficient (Wildman–Crippen LogP) is 7.62. The smallest absolute Gasteiger partial charge is 0.106 e. The van der Waals surface area contributed by atoms with E-state index in [1.54, 1.807) is 0 Å². The Morgan fingerprint density at radius 2 is 0.583 bits per heavy atom. The molecule has 0 bridgehead atoms. The van der Waals surface area contributed by atoms with Crippen LogP contribution in [0.5, 0.6) is 0 Å². The molecule has 170 valence electrons. The maximum absolute atomic E-state index is 6.43. The molecule has 36 heavy (non-hydrogen) atoms. The van der Waals surface area contributed by atoms with Gasteiger partial charge in [0.05, 0.1) is 0 Å². The fourth-order valence-electron chi connectivity index (χ4n) is 5.24. The van der Waals surface area contributed by atoms with E-state index < -0.39 is 10.8 Å². The molecule has 0 heteroatoms. The topological polar surface area (TPSA) is 0 Å². The number of rotatable bonds is 6. The van der Waals surface area contributed by atoms with Crippen molar-refractivity contribution in [2.75, 3.05) is 0 Å². The Kier molecular flexibility index (Phi) is 6.28. The van der Waals surface area contributed by atoms with Gasteiger partial charge in [0, 0.05) is 0 Å². The molecule has 0 nitrogen and oxygen atoms in total. The summed E-state index contributed by atoms with van der Waals surface area (Å²) >= 11 is 0. The summed E-state index contributed by atoms with van der Waals surface area (Å²) in [7, 11) is 0. The molecule has 0 radical (unpaired) electrons. The fourth-order valence-corrected chi connectivity index (χ4v) is 5.24.